The van der Waals surface area contributed by atoms with Gasteiger partial charge in [0.1, 0.15) is 5.75 Å². The van der Waals surface area contributed by atoms with E-state index in [4.69, 9.17) is 4.74 Å². The van der Waals surface area contributed by atoms with Crippen LogP contribution in [0, 0.1) is 0 Å². The minimum absolute atomic E-state index is 0.140. The number of ether oxygens (including phenoxy) is 1. The molecular weight excluding hydrogens is 352 g/mol. The monoisotopic (exact) mass is 382 g/mol. The van der Waals surface area contributed by atoms with Crippen LogP contribution < -0.4 is 15.4 Å². The fraction of sp³-hybridized carbons (Fsp3) is 0.391. The van der Waals surface area contributed by atoms with Crippen molar-refractivity contribution in [2.45, 2.75) is 52.6 Å². The molecule has 0 radical (unpaired) electrons. The molecule has 0 aromatic heterocycles. The molecule has 0 aliphatic heterocycles. The lowest BCUT2D eigenvalue weighted by atomic mass is 10.0. The molecule has 0 bridgehead atoms. The van der Waals surface area contributed by atoms with E-state index >= 15 is 0 Å². The molecule has 2 rings (SSSR count). The Morgan fingerprint density at radius 2 is 1.75 bits per heavy atom. The zero-order valence-electron chi connectivity index (χ0n) is 17.1. The Balaban J connectivity index is 1.94. The van der Waals surface area contributed by atoms with Gasteiger partial charge in [-0.05, 0) is 55.2 Å². The Kier molecular flexibility index (Phi) is 8.05. The van der Waals surface area contributed by atoms with Gasteiger partial charge in [0.15, 0.2) is 6.10 Å². The third-order valence-electron chi connectivity index (χ3n) is 4.44. The van der Waals surface area contributed by atoms with Crippen molar-refractivity contribution in [3.8, 4) is 5.75 Å². The number of nitrogens with one attached hydrogen (secondary N) is 2. The molecule has 1 unspecified atom stereocenters. The number of hydrogen-bond acceptors (Lipinski definition) is 3. The fourth-order valence-corrected chi connectivity index (χ4v) is 2.65. The van der Waals surface area contributed by atoms with Crippen molar-refractivity contribution < 1.29 is 14.3 Å². The standard InChI is InChI=1S/C23H30N2O3/c1-5-6-14-24-23(27)19-8-7-9-20(15-19)25-22(26)17(4)28-21-12-10-18(11-13-21)16(2)3/h7-13,15-17H,5-6,14H2,1-4H3,(H,24,27)(H,25,26). The number of benzene rings is 2. The highest BCUT2D eigenvalue weighted by atomic mass is 16.5. The second-order valence-electron chi connectivity index (χ2n) is 7.16. The average molecular weight is 383 g/mol. The molecule has 0 heterocycles. The van der Waals surface area contributed by atoms with E-state index in [0.717, 1.165) is 12.8 Å². The van der Waals surface area contributed by atoms with Crippen molar-refractivity contribution in [1.82, 2.24) is 5.32 Å². The molecule has 2 aromatic rings. The predicted octanol–water partition coefficient (Wildman–Crippen LogP) is 4.75. The minimum Gasteiger partial charge on any atom is -0.481 e. The molecule has 0 aliphatic rings. The second kappa shape index (κ2) is 10.5. The quantitative estimate of drug-likeness (QED) is 0.615. The summed E-state index contributed by atoms with van der Waals surface area (Å²) in [6.45, 7) is 8.68. The lowest BCUT2D eigenvalue weighted by molar-refractivity contribution is -0.122. The SMILES string of the molecule is CCCCNC(=O)c1cccc(NC(=O)C(C)Oc2ccc(C(C)C)cc2)c1. The molecule has 2 N–H and O–H groups in total. The average Bonchev–Trinajstić information content (AvgIpc) is 2.68. The van der Waals surface area contributed by atoms with Gasteiger partial charge in [-0.15, -0.1) is 0 Å². The van der Waals surface area contributed by atoms with Crippen LogP contribution in [0.1, 0.15) is 62.4 Å². The third kappa shape index (κ3) is 6.41. The van der Waals surface area contributed by atoms with Crippen molar-refractivity contribution in [3.63, 3.8) is 0 Å². The van der Waals surface area contributed by atoms with Crippen molar-refractivity contribution >= 4 is 17.5 Å². The van der Waals surface area contributed by atoms with E-state index in [9.17, 15) is 9.59 Å². The summed E-state index contributed by atoms with van der Waals surface area (Å²) in [4.78, 5) is 24.6. The number of unbranched alkanes of at least 4 members (excludes halogenated alkanes) is 1. The number of carbonyl (C=O) groups is 2. The lowest BCUT2D eigenvalue weighted by Crippen LogP contribution is -2.30. The molecule has 1 atom stereocenters. The van der Waals surface area contributed by atoms with E-state index in [2.05, 4.69) is 31.4 Å². The van der Waals surface area contributed by atoms with Crippen LogP contribution in [0.15, 0.2) is 48.5 Å². The molecule has 0 aliphatic carbocycles. The largest absolute Gasteiger partial charge is 0.481 e. The van der Waals surface area contributed by atoms with Gasteiger partial charge >= 0.3 is 0 Å². The summed E-state index contributed by atoms with van der Waals surface area (Å²) in [5.74, 6) is 0.688. The normalized spacial score (nSPS) is 11.8. The Morgan fingerprint density at radius 3 is 2.39 bits per heavy atom. The van der Waals surface area contributed by atoms with Gasteiger partial charge in [0.2, 0.25) is 0 Å². The van der Waals surface area contributed by atoms with Crippen molar-refractivity contribution in [2.75, 3.05) is 11.9 Å². The molecule has 0 saturated heterocycles. The second-order valence-corrected chi connectivity index (χ2v) is 7.16. The van der Waals surface area contributed by atoms with Gasteiger partial charge < -0.3 is 15.4 Å². The van der Waals surface area contributed by atoms with Crippen LogP contribution in [0.3, 0.4) is 0 Å². The van der Waals surface area contributed by atoms with Gasteiger partial charge in [0.05, 0.1) is 0 Å². The minimum atomic E-state index is -0.660. The van der Waals surface area contributed by atoms with Gasteiger partial charge in [-0.2, -0.15) is 0 Å². The molecule has 0 saturated carbocycles. The van der Waals surface area contributed by atoms with Crippen molar-refractivity contribution in [1.29, 1.82) is 0 Å². The van der Waals surface area contributed by atoms with Gasteiger partial charge in [0.25, 0.3) is 11.8 Å². The Labute approximate surface area is 167 Å². The molecular formula is C23H30N2O3. The van der Waals surface area contributed by atoms with Crippen molar-refractivity contribution in [3.05, 3.63) is 59.7 Å². The summed E-state index contributed by atoms with van der Waals surface area (Å²) in [5.41, 5.74) is 2.31. The van der Waals surface area contributed by atoms with Gasteiger partial charge in [0, 0.05) is 17.8 Å². The highest BCUT2D eigenvalue weighted by Gasteiger charge is 2.16. The first-order valence-electron chi connectivity index (χ1n) is 9.86. The van der Waals surface area contributed by atoms with E-state index in [0.29, 0.717) is 29.5 Å². The Bertz CT molecular complexity index is 785. The summed E-state index contributed by atoms with van der Waals surface area (Å²) >= 11 is 0. The highest BCUT2D eigenvalue weighted by molar-refractivity contribution is 5.98. The number of amides is 2. The summed E-state index contributed by atoms with van der Waals surface area (Å²) in [6, 6.07) is 14.7. The van der Waals surface area contributed by atoms with Gasteiger partial charge in [-0.3, -0.25) is 9.59 Å². The maximum Gasteiger partial charge on any atom is 0.265 e. The van der Waals surface area contributed by atoms with Crippen LogP contribution in [0.5, 0.6) is 5.75 Å². The molecule has 5 nitrogen and oxygen atoms in total. The fourth-order valence-electron chi connectivity index (χ4n) is 2.65. The zero-order chi connectivity index (χ0) is 20.5. The molecule has 2 aromatic carbocycles. The summed E-state index contributed by atoms with van der Waals surface area (Å²) in [6.07, 6.45) is 1.30. The van der Waals surface area contributed by atoms with Gasteiger partial charge in [-0.1, -0.05) is 45.4 Å². The van der Waals surface area contributed by atoms with Crippen LogP contribution in [0.4, 0.5) is 5.69 Å². The zero-order valence-corrected chi connectivity index (χ0v) is 17.1. The Morgan fingerprint density at radius 1 is 1.04 bits per heavy atom. The molecule has 0 fully saturated rings. The topological polar surface area (TPSA) is 67.4 Å². The number of carbonyl (C=O) groups excluding carboxylic acids is 2. The molecule has 28 heavy (non-hydrogen) atoms. The highest BCUT2D eigenvalue weighted by Crippen LogP contribution is 2.20. The van der Waals surface area contributed by atoms with Crippen LogP contribution in [0.2, 0.25) is 0 Å². The van der Waals surface area contributed by atoms with E-state index in [1.807, 2.05) is 24.3 Å². The third-order valence-corrected chi connectivity index (χ3v) is 4.44. The first kappa shape index (κ1) is 21.5. The van der Waals surface area contributed by atoms with Crippen molar-refractivity contribution in [2.24, 2.45) is 0 Å². The number of hydrogen-bond donors (Lipinski definition) is 2. The van der Waals surface area contributed by atoms with Gasteiger partial charge in [-0.25, -0.2) is 0 Å². The van der Waals surface area contributed by atoms with Crippen LogP contribution in [0.25, 0.3) is 0 Å². The number of rotatable bonds is 9. The maximum absolute atomic E-state index is 12.4. The van der Waals surface area contributed by atoms with Crippen LogP contribution in [-0.4, -0.2) is 24.5 Å². The van der Waals surface area contributed by atoms with E-state index in [-0.39, 0.29) is 11.8 Å². The maximum atomic E-state index is 12.4. The van der Waals surface area contributed by atoms with E-state index < -0.39 is 6.10 Å². The van der Waals surface area contributed by atoms with Crippen LogP contribution >= 0.6 is 0 Å². The lowest BCUT2D eigenvalue weighted by Gasteiger charge is -2.16. The summed E-state index contributed by atoms with van der Waals surface area (Å²) < 4.78 is 5.73. The molecule has 0 spiro atoms. The summed E-state index contributed by atoms with van der Waals surface area (Å²) in [5, 5.41) is 5.68. The molecule has 150 valence electrons. The van der Waals surface area contributed by atoms with Crippen LogP contribution in [-0.2, 0) is 4.79 Å². The van der Waals surface area contributed by atoms with E-state index in [1.54, 1.807) is 31.2 Å². The Hall–Kier alpha value is -2.82. The first-order valence-corrected chi connectivity index (χ1v) is 9.86. The van der Waals surface area contributed by atoms with E-state index in [1.165, 1.54) is 5.56 Å². The molecule has 5 heteroatoms. The number of anilines is 1. The molecule has 2 amide bonds. The summed E-state index contributed by atoms with van der Waals surface area (Å²) in [7, 11) is 0. The first-order chi connectivity index (χ1) is 13.4. The smallest absolute Gasteiger partial charge is 0.265 e. The predicted molar refractivity (Wildman–Crippen MR) is 113 cm³/mol.